The minimum atomic E-state index is -4.49. The number of rotatable bonds is 2. The van der Waals surface area contributed by atoms with Gasteiger partial charge in [-0.2, -0.15) is 13.2 Å². The van der Waals surface area contributed by atoms with Crippen LogP contribution in [0.1, 0.15) is 56.1 Å². The van der Waals surface area contributed by atoms with Crippen molar-refractivity contribution in [2.75, 3.05) is 0 Å². The van der Waals surface area contributed by atoms with Crippen molar-refractivity contribution in [3.05, 3.63) is 29.6 Å². The van der Waals surface area contributed by atoms with Crippen LogP contribution in [0.25, 0.3) is 11.0 Å². The van der Waals surface area contributed by atoms with Crippen LogP contribution in [0.4, 0.5) is 13.2 Å². The Labute approximate surface area is 149 Å². The summed E-state index contributed by atoms with van der Waals surface area (Å²) in [5.41, 5.74) is -0.436. The second-order valence-electron chi connectivity index (χ2n) is 8.44. The molecule has 2 heterocycles. The van der Waals surface area contributed by atoms with Gasteiger partial charge < -0.3 is 10.3 Å². The molecule has 0 aromatic carbocycles. The number of alkyl halides is 3. The molecule has 1 amide bonds. The summed E-state index contributed by atoms with van der Waals surface area (Å²) in [5, 5.41) is 2.98. The number of H-pyrrole nitrogens is 1. The SMILES string of the molecule is CC1(C)C2CCC1(C)C(NC(=O)c1cc3c(C(F)(F)F)ccnc3[nH]1)C2. The van der Waals surface area contributed by atoms with Crippen molar-refractivity contribution in [2.24, 2.45) is 16.7 Å². The Balaban J connectivity index is 1.62. The van der Waals surface area contributed by atoms with Gasteiger partial charge in [0.2, 0.25) is 0 Å². The fourth-order valence-corrected chi connectivity index (χ4v) is 5.05. The molecule has 2 N–H and O–H groups in total. The van der Waals surface area contributed by atoms with Crippen molar-refractivity contribution in [3.63, 3.8) is 0 Å². The Morgan fingerprint density at radius 3 is 2.65 bits per heavy atom. The first-order valence-electron chi connectivity index (χ1n) is 8.90. The summed E-state index contributed by atoms with van der Waals surface area (Å²) in [6.07, 6.45) is -0.243. The normalized spacial score (nSPS) is 30.1. The zero-order valence-corrected chi connectivity index (χ0v) is 15.0. The smallest absolute Gasteiger partial charge is 0.347 e. The molecule has 2 aromatic heterocycles. The molecule has 0 aliphatic heterocycles. The van der Waals surface area contributed by atoms with Crippen molar-refractivity contribution in [1.29, 1.82) is 0 Å². The summed E-state index contributed by atoms with van der Waals surface area (Å²) in [6.45, 7) is 6.71. The zero-order valence-electron chi connectivity index (χ0n) is 15.0. The van der Waals surface area contributed by atoms with Gasteiger partial charge >= 0.3 is 6.18 Å². The highest BCUT2D eigenvalue weighted by Gasteiger charge is 2.61. The predicted molar refractivity (Wildman–Crippen MR) is 91.6 cm³/mol. The first kappa shape index (κ1) is 17.4. The lowest BCUT2D eigenvalue weighted by Gasteiger charge is -2.39. The molecule has 4 rings (SSSR count). The van der Waals surface area contributed by atoms with E-state index in [4.69, 9.17) is 0 Å². The number of aromatic amines is 1. The standard InChI is InChI=1S/C19H22F3N3O/c1-17(2)10-4-6-18(17,3)14(8-10)25-16(26)13-9-11-12(19(20,21)22)5-7-23-15(11)24-13/h5,7,9-10,14H,4,6,8H2,1-3H3,(H,23,24)(H,25,26). The number of carbonyl (C=O) groups excluding carboxylic acids is 1. The number of aromatic nitrogens is 2. The fraction of sp³-hybridized carbons (Fsp3) is 0.579. The maximum absolute atomic E-state index is 13.2. The lowest BCUT2D eigenvalue weighted by Crippen LogP contribution is -2.46. The number of nitrogens with zero attached hydrogens (tertiary/aromatic N) is 1. The highest BCUT2D eigenvalue weighted by atomic mass is 19.4. The Kier molecular flexibility index (Phi) is 3.50. The van der Waals surface area contributed by atoms with Gasteiger partial charge in [-0.25, -0.2) is 4.98 Å². The Hall–Kier alpha value is -2.05. The average molecular weight is 365 g/mol. The molecule has 2 aliphatic carbocycles. The molecule has 0 radical (unpaired) electrons. The van der Waals surface area contributed by atoms with E-state index in [-0.39, 0.29) is 39.5 Å². The van der Waals surface area contributed by atoms with Crippen molar-refractivity contribution in [1.82, 2.24) is 15.3 Å². The molecule has 7 heteroatoms. The van der Waals surface area contributed by atoms with Gasteiger partial charge in [0.25, 0.3) is 5.91 Å². The molecule has 3 atom stereocenters. The van der Waals surface area contributed by atoms with Crippen molar-refractivity contribution < 1.29 is 18.0 Å². The molecule has 2 aliphatic rings. The topological polar surface area (TPSA) is 57.8 Å². The van der Waals surface area contributed by atoms with Gasteiger partial charge in [-0.3, -0.25) is 4.79 Å². The maximum Gasteiger partial charge on any atom is 0.417 e. The fourth-order valence-electron chi connectivity index (χ4n) is 5.05. The molecular weight excluding hydrogens is 343 g/mol. The lowest BCUT2D eigenvalue weighted by molar-refractivity contribution is -0.136. The predicted octanol–water partition coefficient (Wildman–Crippen LogP) is 4.53. The van der Waals surface area contributed by atoms with Gasteiger partial charge in [-0.05, 0) is 48.1 Å². The van der Waals surface area contributed by atoms with Gasteiger partial charge in [0.15, 0.2) is 0 Å². The number of amides is 1. The van der Waals surface area contributed by atoms with Crippen LogP contribution in [-0.4, -0.2) is 21.9 Å². The number of hydrogen-bond acceptors (Lipinski definition) is 2. The molecule has 0 spiro atoms. The molecule has 2 bridgehead atoms. The highest BCUT2D eigenvalue weighted by molar-refractivity contribution is 5.98. The van der Waals surface area contributed by atoms with E-state index in [0.717, 1.165) is 25.1 Å². The third kappa shape index (κ3) is 2.28. The minimum absolute atomic E-state index is 0.00865. The van der Waals surface area contributed by atoms with Crippen LogP contribution in [0.5, 0.6) is 0 Å². The van der Waals surface area contributed by atoms with E-state index in [1.165, 1.54) is 12.5 Å². The molecule has 2 aromatic rings. The number of halogens is 3. The summed E-state index contributed by atoms with van der Waals surface area (Å²) in [6, 6.07) is 2.21. The van der Waals surface area contributed by atoms with E-state index >= 15 is 0 Å². The van der Waals surface area contributed by atoms with E-state index < -0.39 is 11.7 Å². The molecule has 140 valence electrons. The van der Waals surface area contributed by atoms with Crippen molar-refractivity contribution in [3.8, 4) is 0 Å². The average Bonchev–Trinajstić information content (AvgIpc) is 3.13. The van der Waals surface area contributed by atoms with Gasteiger partial charge in [-0.15, -0.1) is 0 Å². The summed E-state index contributed by atoms with van der Waals surface area (Å²) in [4.78, 5) is 19.4. The molecule has 2 saturated carbocycles. The van der Waals surface area contributed by atoms with Crippen LogP contribution in [0.2, 0.25) is 0 Å². The quantitative estimate of drug-likeness (QED) is 0.822. The molecule has 0 saturated heterocycles. The van der Waals surface area contributed by atoms with Crippen molar-refractivity contribution in [2.45, 2.75) is 52.3 Å². The number of fused-ring (bicyclic) bond motifs is 3. The van der Waals surface area contributed by atoms with Crippen LogP contribution >= 0.6 is 0 Å². The van der Waals surface area contributed by atoms with E-state index in [9.17, 15) is 18.0 Å². The maximum atomic E-state index is 13.2. The molecule has 3 unspecified atom stereocenters. The Morgan fingerprint density at radius 1 is 1.35 bits per heavy atom. The van der Waals surface area contributed by atoms with Crippen molar-refractivity contribution >= 4 is 16.9 Å². The second kappa shape index (κ2) is 5.24. The van der Waals surface area contributed by atoms with Gasteiger partial charge in [0, 0.05) is 17.6 Å². The summed E-state index contributed by atoms with van der Waals surface area (Å²) in [5.74, 6) is 0.199. The molecular formula is C19H22F3N3O. The monoisotopic (exact) mass is 365 g/mol. The van der Waals surface area contributed by atoms with Gasteiger partial charge in [0.1, 0.15) is 11.3 Å². The Bertz CT molecular complexity index is 886. The van der Waals surface area contributed by atoms with Crippen LogP contribution in [0.3, 0.4) is 0 Å². The van der Waals surface area contributed by atoms with Crippen LogP contribution < -0.4 is 5.32 Å². The van der Waals surface area contributed by atoms with Crippen LogP contribution in [0, 0.1) is 16.7 Å². The molecule has 2 fully saturated rings. The third-order valence-corrected chi connectivity index (χ3v) is 7.18. The molecule has 4 nitrogen and oxygen atoms in total. The van der Waals surface area contributed by atoms with E-state index in [0.29, 0.717) is 5.92 Å². The van der Waals surface area contributed by atoms with E-state index in [2.05, 4.69) is 36.1 Å². The lowest BCUT2D eigenvalue weighted by atomic mass is 9.69. The Morgan fingerprint density at radius 2 is 2.08 bits per heavy atom. The van der Waals surface area contributed by atoms with E-state index in [1.807, 2.05) is 0 Å². The van der Waals surface area contributed by atoms with Crippen LogP contribution in [0.15, 0.2) is 18.3 Å². The number of pyridine rings is 1. The largest absolute Gasteiger partial charge is 0.417 e. The van der Waals surface area contributed by atoms with Crippen LogP contribution in [-0.2, 0) is 6.18 Å². The van der Waals surface area contributed by atoms with Gasteiger partial charge in [0.05, 0.1) is 5.56 Å². The molecule has 26 heavy (non-hydrogen) atoms. The number of nitrogens with one attached hydrogen (secondary N) is 2. The second-order valence-corrected chi connectivity index (χ2v) is 8.44. The van der Waals surface area contributed by atoms with Gasteiger partial charge in [-0.1, -0.05) is 20.8 Å². The summed E-state index contributed by atoms with van der Waals surface area (Å²) >= 11 is 0. The number of hydrogen-bond donors (Lipinski definition) is 2. The number of carbonyl (C=O) groups is 1. The third-order valence-electron chi connectivity index (χ3n) is 7.18. The minimum Gasteiger partial charge on any atom is -0.347 e. The first-order valence-corrected chi connectivity index (χ1v) is 8.90. The first-order chi connectivity index (χ1) is 12.0. The van der Waals surface area contributed by atoms with E-state index in [1.54, 1.807) is 0 Å². The summed E-state index contributed by atoms with van der Waals surface area (Å²) < 4.78 is 39.5. The summed E-state index contributed by atoms with van der Waals surface area (Å²) in [7, 11) is 0. The highest BCUT2D eigenvalue weighted by Crippen LogP contribution is 2.65. The zero-order chi connectivity index (χ0) is 18.9.